The van der Waals surface area contributed by atoms with Crippen LogP contribution in [-0.4, -0.2) is 34.8 Å². The zero-order valence-electron chi connectivity index (χ0n) is 12.5. The molecule has 1 saturated heterocycles. The van der Waals surface area contributed by atoms with Gasteiger partial charge in [0.25, 0.3) is 0 Å². The fourth-order valence-electron chi connectivity index (χ4n) is 2.10. The number of guanidine groups is 1. The molecule has 1 atom stereocenters. The highest BCUT2D eigenvalue weighted by molar-refractivity contribution is 8.14. The minimum Gasteiger partial charge on any atom is -0.494 e. The van der Waals surface area contributed by atoms with Crippen molar-refractivity contribution >= 4 is 40.4 Å². The molecule has 1 fully saturated rings. The van der Waals surface area contributed by atoms with E-state index in [0.717, 1.165) is 16.7 Å². The predicted octanol–water partition coefficient (Wildman–Crippen LogP) is 0.659. The molecule has 9 heteroatoms. The number of thioether (sulfide) groups is 1. The SMILES string of the molecule is CCOc1ccc(N2C(=O)C[C@@H](SC(=N)N=C(N)N)C2=O)cc1. The number of benzene rings is 1. The Balaban J connectivity index is 2.12. The summed E-state index contributed by atoms with van der Waals surface area (Å²) in [6, 6.07) is 6.69. The second-order valence-corrected chi connectivity index (χ2v) is 5.84. The first-order valence-corrected chi connectivity index (χ1v) is 7.74. The molecule has 0 radical (unpaired) electrons. The summed E-state index contributed by atoms with van der Waals surface area (Å²) in [5, 5.41) is 6.69. The highest BCUT2D eigenvalue weighted by Gasteiger charge is 2.40. The van der Waals surface area contributed by atoms with Gasteiger partial charge in [0.2, 0.25) is 11.8 Å². The van der Waals surface area contributed by atoms with E-state index in [9.17, 15) is 9.59 Å². The lowest BCUT2D eigenvalue weighted by Gasteiger charge is -2.15. The molecular formula is C14H17N5O3S. The molecule has 1 aromatic rings. The number of hydrogen-bond acceptors (Lipinski definition) is 5. The molecular weight excluding hydrogens is 318 g/mol. The molecule has 23 heavy (non-hydrogen) atoms. The van der Waals surface area contributed by atoms with Gasteiger partial charge in [0.1, 0.15) is 11.0 Å². The number of rotatable bonds is 4. The smallest absolute Gasteiger partial charge is 0.247 e. The van der Waals surface area contributed by atoms with Gasteiger partial charge in [0, 0.05) is 6.42 Å². The lowest BCUT2D eigenvalue weighted by atomic mass is 10.3. The molecule has 1 heterocycles. The van der Waals surface area contributed by atoms with Crippen molar-refractivity contribution in [3.05, 3.63) is 24.3 Å². The number of hydrogen-bond donors (Lipinski definition) is 3. The molecule has 1 aliphatic heterocycles. The molecule has 0 unspecified atom stereocenters. The Labute approximate surface area is 137 Å². The van der Waals surface area contributed by atoms with Crippen LogP contribution in [0.5, 0.6) is 5.75 Å². The maximum Gasteiger partial charge on any atom is 0.247 e. The Hall–Kier alpha value is -2.55. The van der Waals surface area contributed by atoms with Crippen molar-refractivity contribution in [2.75, 3.05) is 11.5 Å². The van der Waals surface area contributed by atoms with Gasteiger partial charge in [-0.25, -0.2) is 4.90 Å². The predicted molar refractivity (Wildman–Crippen MR) is 89.6 cm³/mol. The monoisotopic (exact) mass is 335 g/mol. The Morgan fingerprint density at radius 1 is 1.39 bits per heavy atom. The van der Waals surface area contributed by atoms with E-state index in [-0.39, 0.29) is 29.4 Å². The molecule has 1 aromatic carbocycles. The van der Waals surface area contributed by atoms with Gasteiger partial charge in [-0.1, -0.05) is 11.8 Å². The topological polar surface area (TPSA) is 135 Å². The maximum atomic E-state index is 12.4. The van der Waals surface area contributed by atoms with Gasteiger partial charge in [0.05, 0.1) is 12.3 Å². The van der Waals surface area contributed by atoms with Gasteiger partial charge in [0.15, 0.2) is 11.1 Å². The number of imide groups is 1. The number of nitrogens with two attached hydrogens (primary N) is 2. The summed E-state index contributed by atoms with van der Waals surface area (Å²) in [4.78, 5) is 29.2. The minimum absolute atomic E-state index is 0.000905. The number of carbonyl (C=O) groups is 2. The number of carbonyl (C=O) groups excluding carboxylic acids is 2. The van der Waals surface area contributed by atoms with E-state index in [1.807, 2.05) is 6.92 Å². The first-order valence-electron chi connectivity index (χ1n) is 6.87. The third kappa shape index (κ3) is 4.01. The third-order valence-corrected chi connectivity index (χ3v) is 3.96. The normalized spacial score (nSPS) is 17.3. The fraction of sp³-hybridized carbons (Fsp3) is 0.286. The molecule has 2 rings (SSSR count). The van der Waals surface area contributed by atoms with Crippen LogP contribution in [0.25, 0.3) is 0 Å². The molecule has 0 saturated carbocycles. The zero-order valence-corrected chi connectivity index (χ0v) is 13.3. The number of anilines is 1. The van der Waals surface area contributed by atoms with E-state index in [4.69, 9.17) is 21.6 Å². The average Bonchev–Trinajstić information content (AvgIpc) is 2.74. The minimum atomic E-state index is -0.704. The lowest BCUT2D eigenvalue weighted by Crippen LogP contribution is -2.31. The maximum absolute atomic E-state index is 12.4. The van der Waals surface area contributed by atoms with E-state index in [1.54, 1.807) is 24.3 Å². The van der Waals surface area contributed by atoms with E-state index >= 15 is 0 Å². The van der Waals surface area contributed by atoms with Crippen molar-refractivity contribution in [2.24, 2.45) is 16.5 Å². The number of ether oxygens (including phenoxy) is 1. The fourth-order valence-corrected chi connectivity index (χ4v) is 2.96. The number of aliphatic imine (C=N–C) groups is 1. The first-order chi connectivity index (χ1) is 10.9. The zero-order chi connectivity index (χ0) is 17.0. The lowest BCUT2D eigenvalue weighted by molar-refractivity contribution is -0.121. The van der Waals surface area contributed by atoms with Crippen LogP contribution < -0.4 is 21.1 Å². The van der Waals surface area contributed by atoms with Crippen LogP contribution in [0.4, 0.5) is 5.69 Å². The largest absolute Gasteiger partial charge is 0.494 e. The number of amides is 2. The van der Waals surface area contributed by atoms with E-state index in [0.29, 0.717) is 18.0 Å². The van der Waals surface area contributed by atoms with Crippen molar-refractivity contribution in [1.82, 2.24) is 0 Å². The standard InChI is InChI=1S/C14H17N5O3S/c1-2-22-9-5-3-8(4-6-9)19-11(20)7-10(12(19)21)23-14(17)18-13(15)16/h3-6,10H,2,7H2,1H3,(H5,15,16,17,18)/t10-/m1/s1. The second kappa shape index (κ2) is 7.14. The summed E-state index contributed by atoms with van der Waals surface area (Å²) in [7, 11) is 0. The van der Waals surface area contributed by atoms with Gasteiger partial charge in [-0.15, -0.1) is 0 Å². The Morgan fingerprint density at radius 3 is 2.61 bits per heavy atom. The van der Waals surface area contributed by atoms with E-state index in [1.165, 1.54) is 0 Å². The summed E-state index contributed by atoms with van der Waals surface area (Å²) in [5.74, 6) is -0.313. The van der Waals surface area contributed by atoms with Crippen molar-refractivity contribution in [3.63, 3.8) is 0 Å². The van der Waals surface area contributed by atoms with E-state index < -0.39 is 5.25 Å². The number of amidine groups is 1. The van der Waals surface area contributed by atoms with Crippen molar-refractivity contribution in [2.45, 2.75) is 18.6 Å². The number of nitrogens with one attached hydrogen (secondary N) is 1. The van der Waals surface area contributed by atoms with Crippen molar-refractivity contribution in [3.8, 4) is 5.75 Å². The number of nitrogens with zero attached hydrogens (tertiary/aromatic N) is 2. The van der Waals surface area contributed by atoms with Gasteiger partial charge < -0.3 is 16.2 Å². The van der Waals surface area contributed by atoms with Crippen LogP contribution in [-0.2, 0) is 9.59 Å². The van der Waals surface area contributed by atoms with Crippen molar-refractivity contribution in [1.29, 1.82) is 5.41 Å². The molecule has 8 nitrogen and oxygen atoms in total. The van der Waals surface area contributed by atoms with Crippen LogP contribution in [0.15, 0.2) is 29.3 Å². The quantitative estimate of drug-likeness (QED) is 0.420. The molecule has 0 aromatic heterocycles. The van der Waals surface area contributed by atoms with Gasteiger partial charge in [-0.05, 0) is 31.2 Å². The summed E-state index contributed by atoms with van der Waals surface area (Å²) in [5.41, 5.74) is 10.8. The van der Waals surface area contributed by atoms with Gasteiger partial charge in [-0.2, -0.15) is 4.99 Å². The summed E-state index contributed by atoms with van der Waals surface area (Å²) < 4.78 is 5.33. The third-order valence-electron chi connectivity index (χ3n) is 3.00. The Bertz CT molecular complexity index is 655. The highest BCUT2D eigenvalue weighted by Crippen LogP contribution is 2.31. The summed E-state index contributed by atoms with van der Waals surface area (Å²) >= 11 is 0.856. The first kappa shape index (κ1) is 16.8. The van der Waals surface area contributed by atoms with Crippen LogP contribution >= 0.6 is 11.8 Å². The Morgan fingerprint density at radius 2 is 2.04 bits per heavy atom. The van der Waals surface area contributed by atoms with Crippen LogP contribution in [0, 0.1) is 5.41 Å². The molecule has 122 valence electrons. The summed E-state index contributed by atoms with van der Waals surface area (Å²) in [6.45, 7) is 2.40. The van der Waals surface area contributed by atoms with Crippen molar-refractivity contribution < 1.29 is 14.3 Å². The molecule has 0 aliphatic carbocycles. The Kier molecular flexibility index (Phi) is 5.22. The summed E-state index contributed by atoms with van der Waals surface area (Å²) in [6.07, 6.45) is -0.000905. The van der Waals surface area contributed by atoms with E-state index in [2.05, 4.69) is 4.99 Å². The molecule has 0 bridgehead atoms. The second-order valence-electron chi connectivity index (χ2n) is 4.65. The van der Waals surface area contributed by atoms with Gasteiger partial charge >= 0.3 is 0 Å². The van der Waals surface area contributed by atoms with Crippen LogP contribution in [0.1, 0.15) is 13.3 Å². The van der Waals surface area contributed by atoms with Crippen LogP contribution in [0.3, 0.4) is 0 Å². The molecule has 1 aliphatic rings. The molecule has 0 spiro atoms. The molecule has 5 N–H and O–H groups in total. The van der Waals surface area contributed by atoms with Gasteiger partial charge in [-0.3, -0.25) is 15.0 Å². The van der Waals surface area contributed by atoms with Crippen LogP contribution in [0.2, 0.25) is 0 Å². The highest BCUT2D eigenvalue weighted by atomic mass is 32.2. The average molecular weight is 335 g/mol. The molecule has 2 amide bonds.